The lowest BCUT2D eigenvalue weighted by Gasteiger charge is -2.34. The number of piperidine rings is 2. The van der Waals surface area contributed by atoms with Gasteiger partial charge >= 0.3 is 11.9 Å². The van der Waals surface area contributed by atoms with Crippen LogP contribution in [0, 0.1) is 0 Å². The Kier molecular flexibility index (Phi) is 6.42. The van der Waals surface area contributed by atoms with Gasteiger partial charge in [0.15, 0.2) is 0 Å². The zero-order valence-electron chi connectivity index (χ0n) is 15.1. The summed E-state index contributed by atoms with van der Waals surface area (Å²) < 4.78 is 0. The number of carboxylic acid groups (broad SMARTS) is 2. The Hall–Kier alpha value is -1.50. The summed E-state index contributed by atoms with van der Waals surface area (Å²) in [7, 11) is 0. The molecule has 0 aromatic rings. The van der Waals surface area contributed by atoms with Crippen LogP contribution in [0.5, 0.6) is 0 Å². The van der Waals surface area contributed by atoms with Crippen molar-refractivity contribution < 1.29 is 29.4 Å². The average Bonchev–Trinajstić information content (AvgIpc) is 3.27. The van der Waals surface area contributed by atoms with Gasteiger partial charge in [-0.3, -0.25) is 9.59 Å². The van der Waals surface area contributed by atoms with Gasteiger partial charge in [0.1, 0.15) is 12.1 Å². The Morgan fingerprint density at radius 1 is 0.786 bits per heavy atom. The van der Waals surface area contributed by atoms with Gasteiger partial charge in [-0.1, -0.05) is 0 Å². The average molecular weight is 433 g/mol. The first-order valence-corrected chi connectivity index (χ1v) is 11.2. The predicted octanol–water partition coefficient (Wildman–Crippen LogP) is -1.08. The molecule has 0 unspecified atom stereocenters. The summed E-state index contributed by atoms with van der Waals surface area (Å²) in [6, 6.07) is -2.37. The Morgan fingerprint density at radius 3 is 1.46 bits per heavy atom. The number of fused-ring (bicyclic) bond motifs is 2. The monoisotopic (exact) mass is 432 g/mol. The Balaban J connectivity index is 0.000000161. The third kappa shape index (κ3) is 3.95. The van der Waals surface area contributed by atoms with Crippen LogP contribution < -0.4 is 11.5 Å². The highest BCUT2D eigenvalue weighted by Gasteiger charge is 2.46. The molecule has 4 fully saturated rings. The van der Waals surface area contributed by atoms with Crippen molar-refractivity contribution in [2.75, 3.05) is 11.5 Å². The topological polar surface area (TPSA) is 167 Å². The number of amides is 2. The van der Waals surface area contributed by atoms with Gasteiger partial charge < -0.3 is 31.5 Å². The highest BCUT2D eigenvalue weighted by molar-refractivity contribution is 8.00. The van der Waals surface area contributed by atoms with Crippen molar-refractivity contribution in [3.63, 3.8) is 0 Å². The number of carbonyl (C=O) groups excluding carboxylic acids is 2. The molecule has 0 saturated carbocycles. The number of nitrogens with two attached hydrogens (primary N) is 2. The third-order valence-corrected chi connectivity index (χ3v) is 8.06. The van der Waals surface area contributed by atoms with Crippen LogP contribution in [0.4, 0.5) is 0 Å². The number of aliphatic carboxylic acids is 2. The lowest BCUT2D eigenvalue weighted by molar-refractivity contribution is -0.151. The minimum Gasteiger partial charge on any atom is -0.480 e. The molecule has 0 radical (unpaired) electrons. The van der Waals surface area contributed by atoms with E-state index in [-0.39, 0.29) is 22.6 Å². The van der Waals surface area contributed by atoms with E-state index in [1.165, 1.54) is 33.3 Å². The molecule has 0 aromatic carbocycles. The van der Waals surface area contributed by atoms with Crippen molar-refractivity contribution in [3.05, 3.63) is 0 Å². The number of hydrogen-bond donors (Lipinski definition) is 4. The van der Waals surface area contributed by atoms with Crippen molar-refractivity contribution in [1.29, 1.82) is 0 Å². The lowest BCUT2D eigenvalue weighted by atomic mass is 10.0. The Bertz CT molecular complexity index is 624. The molecule has 0 aromatic heterocycles. The summed E-state index contributed by atoms with van der Waals surface area (Å²) in [6.07, 6.45) is 2.95. The molecule has 0 bridgehead atoms. The van der Waals surface area contributed by atoms with Crippen molar-refractivity contribution in [3.8, 4) is 0 Å². The van der Waals surface area contributed by atoms with E-state index in [0.717, 1.165) is 12.8 Å². The minimum absolute atomic E-state index is 0.0309. The van der Waals surface area contributed by atoms with Gasteiger partial charge in [0.25, 0.3) is 0 Å². The normalized spacial score (nSPS) is 37.1. The minimum atomic E-state index is -0.928. The van der Waals surface area contributed by atoms with E-state index in [2.05, 4.69) is 0 Å². The van der Waals surface area contributed by atoms with E-state index in [4.69, 9.17) is 21.7 Å². The molecule has 2 amide bonds. The number of thioether (sulfide) groups is 2. The molecule has 6 N–H and O–H groups in total. The summed E-state index contributed by atoms with van der Waals surface area (Å²) in [5.41, 5.74) is 11.2. The molecule has 4 aliphatic rings. The zero-order chi connectivity index (χ0) is 20.6. The van der Waals surface area contributed by atoms with E-state index in [1.807, 2.05) is 0 Å². The highest BCUT2D eigenvalue weighted by atomic mass is 32.2. The molecular formula is C16H24N4O6S2. The molecule has 6 atom stereocenters. The van der Waals surface area contributed by atoms with E-state index in [9.17, 15) is 19.2 Å². The van der Waals surface area contributed by atoms with Crippen LogP contribution in [-0.2, 0) is 19.2 Å². The number of carbonyl (C=O) groups is 4. The number of hydrogen-bond acceptors (Lipinski definition) is 8. The van der Waals surface area contributed by atoms with Gasteiger partial charge in [-0.05, 0) is 25.7 Å². The summed E-state index contributed by atoms with van der Waals surface area (Å²) in [5, 5.41) is 17.9. The summed E-state index contributed by atoms with van der Waals surface area (Å²) in [6.45, 7) is 0. The van der Waals surface area contributed by atoms with Gasteiger partial charge in [0.05, 0.1) is 22.8 Å². The van der Waals surface area contributed by atoms with Crippen LogP contribution in [0.25, 0.3) is 0 Å². The smallest absolute Gasteiger partial charge is 0.327 e. The van der Waals surface area contributed by atoms with Gasteiger partial charge in [-0.25, -0.2) is 9.59 Å². The molecule has 4 aliphatic heterocycles. The number of rotatable bonds is 2. The van der Waals surface area contributed by atoms with Crippen molar-refractivity contribution in [2.45, 2.75) is 60.6 Å². The second kappa shape index (κ2) is 8.47. The molecule has 12 heteroatoms. The van der Waals surface area contributed by atoms with E-state index in [1.54, 1.807) is 0 Å². The van der Waals surface area contributed by atoms with E-state index in [0.29, 0.717) is 24.3 Å². The van der Waals surface area contributed by atoms with Crippen LogP contribution >= 0.6 is 23.5 Å². The summed E-state index contributed by atoms with van der Waals surface area (Å²) >= 11 is 3.07. The van der Waals surface area contributed by atoms with Crippen molar-refractivity contribution in [1.82, 2.24) is 9.80 Å². The van der Waals surface area contributed by atoms with E-state index < -0.39 is 36.1 Å². The van der Waals surface area contributed by atoms with Crippen LogP contribution in [0.3, 0.4) is 0 Å². The van der Waals surface area contributed by atoms with Crippen LogP contribution in [0.15, 0.2) is 0 Å². The highest BCUT2D eigenvalue weighted by Crippen LogP contribution is 2.37. The van der Waals surface area contributed by atoms with Gasteiger partial charge in [-0.15, -0.1) is 23.5 Å². The fourth-order valence-corrected chi connectivity index (χ4v) is 6.66. The molecule has 4 rings (SSSR count). The van der Waals surface area contributed by atoms with Crippen LogP contribution in [0.1, 0.15) is 25.7 Å². The fraction of sp³-hybridized carbons (Fsp3) is 0.750. The third-order valence-electron chi connectivity index (χ3n) is 5.35. The Labute approximate surface area is 170 Å². The molecule has 10 nitrogen and oxygen atoms in total. The molecular weight excluding hydrogens is 408 g/mol. The zero-order valence-corrected chi connectivity index (χ0v) is 16.7. The first-order chi connectivity index (χ1) is 13.2. The molecule has 4 saturated heterocycles. The first-order valence-electron chi connectivity index (χ1n) is 9.06. The predicted molar refractivity (Wildman–Crippen MR) is 103 cm³/mol. The maximum atomic E-state index is 11.6. The molecule has 4 heterocycles. The SMILES string of the molecule is N[C@H]1CC[C@@H]2SC[C@@H](C(=O)O)N2C1=O.N[C@H]1CC[C@H]2SC[C@@H](C(=O)O)N2C1=O. The maximum Gasteiger partial charge on any atom is 0.327 e. The largest absolute Gasteiger partial charge is 0.480 e. The standard InChI is InChI=1S/2C8H12N2O3S/c2*9-4-1-2-6-10(7(4)11)5(3-14-6)8(12)13/h2*4-6H,1-3,9H2,(H,12,13)/t4-,5-,6+;4-,5-,6-/m00/s1. The second-order valence-corrected chi connectivity index (χ2v) is 9.56. The quantitative estimate of drug-likeness (QED) is 0.421. The number of carboxylic acids is 2. The molecule has 0 spiro atoms. The van der Waals surface area contributed by atoms with Crippen LogP contribution in [0.2, 0.25) is 0 Å². The molecule has 156 valence electrons. The molecule has 0 aliphatic carbocycles. The van der Waals surface area contributed by atoms with Crippen molar-refractivity contribution >= 4 is 47.3 Å². The molecule has 28 heavy (non-hydrogen) atoms. The van der Waals surface area contributed by atoms with Crippen LogP contribution in [-0.4, -0.2) is 90.2 Å². The number of nitrogens with zero attached hydrogens (tertiary/aromatic N) is 2. The fourth-order valence-electron chi connectivity index (χ4n) is 3.82. The van der Waals surface area contributed by atoms with Crippen molar-refractivity contribution in [2.24, 2.45) is 11.5 Å². The lowest BCUT2D eigenvalue weighted by Crippen LogP contribution is -2.55. The van der Waals surface area contributed by atoms with Gasteiger partial charge in [-0.2, -0.15) is 0 Å². The van der Waals surface area contributed by atoms with E-state index >= 15 is 0 Å². The Morgan fingerprint density at radius 2 is 1.14 bits per heavy atom. The summed E-state index contributed by atoms with van der Waals surface area (Å²) in [5.74, 6) is -1.31. The summed E-state index contributed by atoms with van der Waals surface area (Å²) in [4.78, 5) is 47.9. The second-order valence-electron chi connectivity index (χ2n) is 7.14. The van der Waals surface area contributed by atoms with Gasteiger partial charge in [0, 0.05) is 11.5 Å². The maximum absolute atomic E-state index is 11.6. The first kappa shape index (κ1) is 21.2. The van der Waals surface area contributed by atoms with Gasteiger partial charge in [0.2, 0.25) is 11.8 Å².